The summed E-state index contributed by atoms with van der Waals surface area (Å²) in [6.45, 7) is 8.92. The van der Waals surface area contributed by atoms with E-state index in [1.165, 1.54) is 0 Å². The van der Waals surface area contributed by atoms with Crippen molar-refractivity contribution in [3.63, 3.8) is 0 Å². The van der Waals surface area contributed by atoms with E-state index in [-0.39, 0.29) is 12.7 Å². The normalized spacial score (nSPS) is 19.6. The number of aryl methyl sites for hydroxylation is 1. The van der Waals surface area contributed by atoms with Gasteiger partial charge in [0.2, 0.25) is 0 Å². The highest BCUT2D eigenvalue weighted by molar-refractivity contribution is 5.58. The maximum absolute atomic E-state index is 9.22. The summed E-state index contributed by atoms with van der Waals surface area (Å²) in [5.74, 6) is 2.57. The molecule has 2 heterocycles. The number of nitrogens with zero attached hydrogens (tertiary/aromatic N) is 3. The Labute approximate surface area is 113 Å². The van der Waals surface area contributed by atoms with Crippen molar-refractivity contribution < 1.29 is 9.84 Å². The first-order chi connectivity index (χ1) is 9.15. The van der Waals surface area contributed by atoms with Crippen molar-refractivity contribution in [2.75, 3.05) is 43.1 Å². The summed E-state index contributed by atoms with van der Waals surface area (Å²) in [5, 5.41) is 12.5. The lowest BCUT2D eigenvalue weighted by Gasteiger charge is -2.34. The van der Waals surface area contributed by atoms with Crippen LogP contribution in [-0.4, -0.2) is 54.0 Å². The third-order valence-corrected chi connectivity index (χ3v) is 3.22. The molecule has 0 bridgehead atoms. The van der Waals surface area contributed by atoms with Crippen molar-refractivity contribution in [1.82, 2.24) is 9.97 Å². The molecule has 0 spiro atoms. The van der Waals surface area contributed by atoms with Gasteiger partial charge in [-0.25, -0.2) is 9.97 Å². The standard InChI is InChI=1S/C13H22N4O2/c1-4-14-12-9(2)13(16-10(3)15-12)17-5-6-19-11(7-17)8-18/h11,18H,4-8H2,1-3H3,(H,14,15,16). The highest BCUT2D eigenvalue weighted by Gasteiger charge is 2.23. The largest absolute Gasteiger partial charge is 0.394 e. The number of hydrogen-bond acceptors (Lipinski definition) is 6. The smallest absolute Gasteiger partial charge is 0.137 e. The van der Waals surface area contributed by atoms with E-state index in [1.807, 2.05) is 20.8 Å². The number of anilines is 2. The van der Waals surface area contributed by atoms with Gasteiger partial charge in [-0.1, -0.05) is 0 Å². The molecule has 0 saturated carbocycles. The van der Waals surface area contributed by atoms with Crippen LogP contribution in [0.25, 0.3) is 0 Å². The molecular formula is C13H22N4O2. The van der Waals surface area contributed by atoms with E-state index in [2.05, 4.69) is 20.2 Å². The van der Waals surface area contributed by atoms with Crippen LogP contribution in [0.5, 0.6) is 0 Å². The van der Waals surface area contributed by atoms with Gasteiger partial charge in [0.05, 0.1) is 19.3 Å². The highest BCUT2D eigenvalue weighted by atomic mass is 16.5. The van der Waals surface area contributed by atoms with Gasteiger partial charge < -0.3 is 20.1 Å². The van der Waals surface area contributed by atoms with Gasteiger partial charge >= 0.3 is 0 Å². The zero-order chi connectivity index (χ0) is 13.8. The number of aromatic nitrogens is 2. The summed E-state index contributed by atoms with van der Waals surface area (Å²) in [4.78, 5) is 11.1. The van der Waals surface area contributed by atoms with Gasteiger partial charge in [-0.2, -0.15) is 0 Å². The average molecular weight is 266 g/mol. The molecule has 0 aromatic carbocycles. The van der Waals surface area contributed by atoms with Crippen molar-refractivity contribution in [3.8, 4) is 0 Å². The Morgan fingerprint density at radius 2 is 2.21 bits per heavy atom. The molecule has 1 saturated heterocycles. The molecule has 1 aliphatic rings. The van der Waals surface area contributed by atoms with Gasteiger partial charge in [-0.15, -0.1) is 0 Å². The fourth-order valence-corrected chi connectivity index (χ4v) is 2.28. The Balaban J connectivity index is 2.27. The molecule has 1 unspecified atom stereocenters. The number of nitrogens with one attached hydrogen (secondary N) is 1. The van der Waals surface area contributed by atoms with Crippen LogP contribution in [0.2, 0.25) is 0 Å². The Bertz CT molecular complexity index is 439. The first-order valence-electron chi connectivity index (χ1n) is 6.72. The van der Waals surface area contributed by atoms with E-state index in [0.29, 0.717) is 13.2 Å². The second-order valence-corrected chi connectivity index (χ2v) is 4.72. The Hall–Kier alpha value is -1.40. The maximum atomic E-state index is 9.22. The molecule has 1 aromatic heterocycles. The highest BCUT2D eigenvalue weighted by Crippen LogP contribution is 2.25. The third kappa shape index (κ3) is 3.13. The SMILES string of the molecule is CCNc1nc(C)nc(N2CCOC(CO)C2)c1C. The molecule has 0 radical (unpaired) electrons. The van der Waals surface area contributed by atoms with E-state index in [0.717, 1.165) is 36.1 Å². The van der Waals surface area contributed by atoms with Crippen molar-refractivity contribution in [2.45, 2.75) is 26.9 Å². The second kappa shape index (κ2) is 6.16. The third-order valence-electron chi connectivity index (χ3n) is 3.22. The molecule has 2 rings (SSSR count). The number of aliphatic hydroxyl groups is 1. The van der Waals surface area contributed by atoms with E-state index in [4.69, 9.17) is 4.74 Å². The van der Waals surface area contributed by atoms with Crippen LogP contribution in [0.1, 0.15) is 18.3 Å². The number of morpholine rings is 1. The first-order valence-corrected chi connectivity index (χ1v) is 6.72. The number of hydrogen-bond donors (Lipinski definition) is 2. The van der Waals surface area contributed by atoms with Gasteiger partial charge in [-0.3, -0.25) is 0 Å². The summed E-state index contributed by atoms with van der Waals surface area (Å²) in [6.07, 6.45) is -0.133. The monoisotopic (exact) mass is 266 g/mol. The first kappa shape index (κ1) is 14.0. The summed E-state index contributed by atoms with van der Waals surface area (Å²) >= 11 is 0. The molecule has 6 heteroatoms. The number of ether oxygens (including phenoxy) is 1. The Morgan fingerprint density at radius 1 is 1.42 bits per heavy atom. The minimum atomic E-state index is -0.133. The minimum Gasteiger partial charge on any atom is -0.394 e. The second-order valence-electron chi connectivity index (χ2n) is 4.72. The maximum Gasteiger partial charge on any atom is 0.137 e. The number of rotatable bonds is 4. The van der Waals surface area contributed by atoms with Crippen LogP contribution in [0, 0.1) is 13.8 Å². The van der Waals surface area contributed by atoms with E-state index >= 15 is 0 Å². The molecule has 106 valence electrons. The molecule has 6 nitrogen and oxygen atoms in total. The van der Waals surface area contributed by atoms with Gasteiger partial charge in [0.25, 0.3) is 0 Å². The van der Waals surface area contributed by atoms with Crippen LogP contribution in [0.3, 0.4) is 0 Å². The molecule has 0 amide bonds. The molecule has 19 heavy (non-hydrogen) atoms. The average Bonchev–Trinajstić information content (AvgIpc) is 2.43. The van der Waals surface area contributed by atoms with Crippen LogP contribution in [0.4, 0.5) is 11.6 Å². The topological polar surface area (TPSA) is 70.5 Å². The van der Waals surface area contributed by atoms with Gasteiger partial charge in [0.1, 0.15) is 17.5 Å². The van der Waals surface area contributed by atoms with Crippen molar-refractivity contribution in [1.29, 1.82) is 0 Å². The zero-order valence-electron chi connectivity index (χ0n) is 11.8. The molecule has 1 atom stereocenters. The summed E-state index contributed by atoms with van der Waals surface area (Å²) in [6, 6.07) is 0. The number of aliphatic hydroxyl groups excluding tert-OH is 1. The lowest BCUT2D eigenvalue weighted by molar-refractivity contribution is 0.00332. The van der Waals surface area contributed by atoms with Gasteiger partial charge in [0, 0.05) is 25.2 Å². The fraction of sp³-hybridized carbons (Fsp3) is 0.692. The molecule has 1 fully saturated rings. The molecular weight excluding hydrogens is 244 g/mol. The Kier molecular flexibility index (Phi) is 4.55. The molecule has 0 aliphatic carbocycles. The van der Waals surface area contributed by atoms with E-state index in [1.54, 1.807) is 0 Å². The predicted octanol–water partition coefficient (Wildman–Crippen LogP) is 0.723. The lowest BCUT2D eigenvalue weighted by atomic mass is 10.2. The van der Waals surface area contributed by atoms with E-state index in [9.17, 15) is 5.11 Å². The summed E-state index contributed by atoms with van der Waals surface area (Å²) in [7, 11) is 0. The van der Waals surface area contributed by atoms with Crippen molar-refractivity contribution in [3.05, 3.63) is 11.4 Å². The molecule has 1 aliphatic heterocycles. The van der Waals surface area contributed by atoms with Crippen LogP contribution >= 0.6 is 0 Å². The summed E-state index contributed by atoms with van der Waals surface area (Å²) < 4.78 is 5.48. The predicted molar refractivity (Wildman–Crippen MR) is 74.7 cm³/mol. The molecule has 1 aromatic rings. The van der Waals surface area contributed by atoms with Crippen LogP contribution < -0.4 is 10.2 Å². The summed E-state index contributed by atoms with van der Waals surface area (Å²) in [5.41, 5.74) is 1.05. The van der Waals surface area contributed by atoms with Crippen molar-refractivity contribution >= 4 is 11.6 Å². The van der Waals surface area contributed by atoms with Gasteiger partial charge in [-0.05, 0) is 20.8 Å². The van der Waals surface area contributed by atoms with Crippen LogP contribution in [-0.2, 0) is 4.74 Å². The van der Waals surface area contributed by atoms with Crippen molar-refractivity contribution in [2.24, 2.45) is 0 Å². The fourth-order valence-electron chi connectivity index (χ4n) is 2.28. The Morgan fingerprint density at radius 3 is 2.89 bits per heavy atom. The van der Waals surface area contributed by atoms with E-state index < -0.39 is 0 Å². The van der Waals surface area contributed by atoms with Gasteiger partial charge in [0.15, 0.2) is 0 Å². The quantitative estimate of drug-likeness (QED) is 0.837. The molecule has 2 N–H and O–H groups in total. The van der Waals surface area contributed by atoms with Crippen LogP contribution in [0.15, 0.2) is 0 Å². The lowest BCUT2D eigenvalue weighted by Crippen LogP contribution is -2.44. The minimum absolute atomic E-state index is 0.0413. The zero-order valence-corrected chi connectivity index (χ0v) is 11.8.